The van der Waals surface area contributed by atoms with Gasteiger partial charge in [0.05, 0.1) is 12.0 Å². The monoisotopic (exact) mass is 360 g/mol. The van der Waals surface area contributed by atoms with Crippen LogP contribution >= 0.6 is 11.3 Å². The third kappa shape index (κ3) is 4.07. The predicted octanol–water partition coefficient (Wildman–Crippen LogP) is 3.16. The summed E-state index contributed by atoms with van der Waals surface area (Å²) in [7, 11) is 1.76. The first-order valence-corrected chi connectivity index (χ1v) is 9.25. The third-order valence-electron chi connectivity index (χ3n) is 4.61. The zero-order chi connectivity index (χ0) is 17.8. The van der Waals surface area contributed by atoms with Gasteiger partial charge in [0, 0.05) is 24.9 Å². The lowest BCUT2D eigenvalue weighted by molar-refractivity contribution is -0.128. The first kappa shape index (κ1) is 17.6. The fourth-order valence-corrected chi connectivity index (χ4v) is 4.17. The first-order valence-electron chi connectivity index (χ1n) is 8.37. The highest BCUT2D eigenvalue weighted by atomic mass is 32.1. The van der Waals surface area contributed by atoms with E-state index in [0.717, 1.165) is 23.3 Å². The van der Waals surface area contributed by atoms with Crippen LogP contribution in [0.1, 0.15) is 29.3 Å². The highest BCUT2D eigenvalue weighted by Gasteiger charge is 2.42. The third-order valence-corrected chi connectivity index (χ3v) is 5.56. The minimum Gasteiger partial charge on any atom is -0.356 e. The maximum absolute atomic E-state index is 12.9. The molecule has 0 radical (unpaired) electrons. The molecule has 1 aromatic heterocycles. The highest BCUT2D eigenvalue weighted by Crippen LogP contribution is 2.39. The quantitative estimate of drug-likeness (QED) is 0.805. The average molecular weight is 360 g/mol. The molecule has 2 heterocycles. The van der Waals surface area contributed by atoms with Crippen LogP contribution in [0.4, 0.5) is 4.39 Å². The smallest absolute Gasteiger partial charge is 0.226 e. The van der Waals surface area contributed by atoms with E-state index >= 15 is 0 Å². The van der Waals surface area contributed by atoms with Gasteiger partial charge in [-0.1, -0.05) is 18.2 Å². The van der Waals surface area contributed by atoms with Gasteiger partial charge < -0.3 is 10.2 Å². The topological polar surface area (TPSA) is 49.4 Å². The maximum Gasteiger partial charge on any atom is 0.226 e. The number of halogens is 1. The summed E-state index contributed by atoms with van der Waals surface area (Å²) in [5.74, 6) is -0.659. The zero-order valence-corrected chi connectivity index (χ0v) is 14.9. The Bertz CT molecular complexity index is 730. The Kier molecular flexibility index (Phi) is 5.48. The number of hydrogen-bond donors (Lipinski definition) is 1. The Morgan fingerprint density at radius 1 is 1.32 bits per heavy atom. The standard InChI is InChI=1S/C19H21FN2O2S/c1-22-17(23)12-15(18(22)16-5-3-11-25-16)19(24)21-10-2-4-13-6-8-14(20)9-7-13/h3,5-9,11,15,18H,2,4,10,12H2,1H3,(H,21,24). The fraction of sp³-hybridized carbons (Fsp3) is 0.368. The van der Waals surface area contributed by atoms with Crippen LogP contribution in [0.3, 0.4) is 0 Å². The molecule has 0 aliphatic carbocycles. The number of benzene rings is 1. The van der Waals surface area contributed by atoms with Gasteiger partial charge in [-0.25, -0.2) is 4.39 Å². The van der Waals surface area contributed by atoms with Gasteiger partial charge in [0.1, 0.15) is 5.82 Å². The van der Waals surface area contributed by atoms with Crippen molar-refractivity contribution in [3.8, 4) is 0 Å². The Labute approximate surface area is 150 Å². The summed E-state index contributed by atoms with van der Waals surface area (Å²) in [6, 6.07) is 10.1. The van der Waals surface area contributed by atoms with Gasteiger partial charge in [-0.05, 0) is 42.0 Å². The second-order valence-corrected chi connectivity index (χ2v) is 7.28. The van der Waals surface area contributed by atoms with Crippen LogP contribution in [0.2, 0.25) is 0 Å². The fourth-order valence-electron chi connectivity index (χ4n) is 3.24. The van der Waals surface area contributed by atoms with Crippen LogP contribution in [-0.4, -0.2) is 30.3 Å². The summed E-state index contributed by atoms with van der Waals surface area (Å²) in [5.41, 5.74) is 1.04. The molecule has 1 aliphatic heterocycles. The van der Waals surface area contributed by atoms with Crippen molar-refractivity contribution < 1.29 is 14.0 Å². The number of rotatable bonds is 6. The molecule has 6 heteroatoms. The molecule has 1 fully saturated rings. The molecule has 0 spiro atoms. The molecule has 2 aromatic rings. The molecule has 3 rings (SSSR count). The molecule has 1 N–H and O–H groups in total. The molecule has 4 nitrogen and oxygen atoms in total. The van der Waals surface area contributed by atoms with Crippen molar-refractivity contribution in [2.75, 3.05) is 13.6 Å². The number of hydrogen-bond acceptors (Lipinski definition) is 3. The van der Waals surface area contributed by atoms with E-state index in [1.165, 1.54) is 12.1 Å². The van der Waals surface area contributed by atoms with Crippen LogP contribution in [0, 0.1) is 11.7 Å². The Hall–Kier alpha value is -2.21. The minimum atomic E-state index is -0.345. The molecule has 25 heavy (non-hydrogen) atoms. The van der Waals surface area contributed by atoms with Crippen LogP contribution in [0.15, 0.2) is 41.8 Å². The largest absolute Gasteiger partial charge is 0.356 e. The maximum atomic E-state index is 12.9. The SMILES string of the molecule is CN1C(=O)CC(C(=O)NCCCc2ccc(F)cc2)C1c1cccs1. The van der Waals surface area contributed by atoms with Crippen molar-refractivity contribution in [3.05, 3.63) is 58.0 Å². The van der Waals surface area contributed by atoms with E-state index in [-0.39, 0.29) is 36.0 Å². The molecule has 132 valence electrons. The summed E-state index contributed by atoms with van der Waals surface area (Å²) in [4.78, 5) is 27.3. The Morgan fingerprint density at radius 3 is 2.76 bits per heavy atom. The number of carbonyl (C=O) groups is 2. The van der Waals surface area contributed by atoms with Gasteiger partial charge in [-0.3, -0.25) is 9.59 Å². The summed E-state index contributed by atoms with van der Waals surface area (Å²) in [6.45, 7) is 0.543. The first-order chi connectivity index (χ1) is 12.1. The summed E-state index contributed by atoms with van der Waals surface area (Å²) >= 11 is 1.57. The Morgan fingerprint density at radius 2 is 2.08 bits per heavy atom. The lowest BCUT2D eigenvalue weighted by Gasteiger charge is -2.23. The molecule has 0 bridgehead atoms. The van der Waals surface area contributed by atoms with Crippen LogP contribution in [-0.2, 0) is 16.0 Å². The van der Waals surface area contributed by atoms with E-state index in [1.807, 2.05) is 17.5 Å². The second-order valence-electron chi connectivity index (χ2n) is 6.30. The number of amides is 2. The van der Waals surface area contributed by atoms with Gasteiger partial charge >= 0.3 is 0 Å². The van der Waals surface area contributed by atoms with Crippen LogP contribution in [0.25, 0.3) is 0 Å². The van der Waals surface area contributed by atoms with Gasteiger partial charge in [0.25, 0.3) is 0 Å². The van der Waals surface area contributed by atoms with Crippen LogP contribution < -0.4 is 5.32 Å². The number of thiophene rings is 1. The highest BCUT2D eigenvalue weighted by molar-refractivity contribution is 7.10. The van der Waals surface area contributed by atoms with Crippen molar-refractivity contribution in [2.45, 2.75) is 25.3 Å². The van der Waals surface area contributed by atoms with Gasteiger partial charge in [0.2, 0.25) is 11.8 Å². The minimum absolute atomic E-state index is 0.00450. The van der Waals surface area contributed by atoms with Crippen molar-refractivity contribution in [1.82, 2.24) is 10.2 Å². The van der Waals surface area contributed by atoms with E-state index in [2.05, 4.69) is 5.32 Å². The summed E-state index contributed by atoms with van der Waals surface area (Å²) in [5, 5.41) is 4.91. The van der Waals surface area contributed by atoms with Crippen molar-refractivity contribution >= 4 is 23.2 Å². The number of nitrogens with zero attached hydrogens (tertiary/aromatic N) is 1. The molecule has 1 aromatic carbocycles. The summed E-state index contributed by atoms with van der Waals surface area (Å²) < 4.78 is 12.9. The van der Waals surface area contributed by atoms with E-state index in [4.69, 9.17) is 0 Å². The number of carbonyl (C=O) groups excluding carboxylic acids is 2. The molecule has 1 aliphatic rings. The van der Waals surface area contributed by atoms with E-state index < -0.39 is 0 Å². The normalized spacial score (nSPS) is 20.1. The molecular weight excluding hydrogens is 339 g/mol. The average Bonchev–Trinajstić information content (AvgIpc) is 3.22. The molecule has 2 amide bonds. The van der Waals surface area contributed by atoms with Crippen molar-refractivity contribution in [3.63, 3.8) is 0 Å². The zero-order valence-electron chi connectivity index (χ0n) is 14.1. The molecule has 1 saturated heterocycles. The van der Waals surface area contributed by atoms with Crippen molar-refractivity contribution in [1.29, 1.82) is 0 Å². The molecular formula is C19H21FN2O2S. The number of nitrogens with one attached hydrogen (secondary N) is 1. The molecule has 2 atom stereocenters. The Balaban J connectivity index is 1.53. The van der Waals surface area contributed by atoms with E-state index in [0.29, 0.717) is 6.54 Å². The van der Waals surface area contributed by atoms with Gasteiger partial charge in [-0.2, -0.15) is 0 Å². The second kappa shape index (κ2) is 7.78. The summed E-state index contributed by atoms with van der Waals surface area (Å²) in [6.07, 6.45) is 1.80. The number of aryl methyl sites for hydroxylation is 1. The lowest BCUT2D eigenvalue weighted by Crippen LogP contribution is -2.34. The number of likely N-dealkylation sites (tertiary alicyclic amines) is 1. The predicted molar refractivity (Wildman–Crippen MR) is 95.7 cm³/mol. The molecule has 2 unspecified atom stereocenters. The van der Waals surface area contributed by atoms with E-state index in [9.17, 15) is 14.0 Å². The van der Waals surface area contributed by atoms with Gasteiger partial charge in [-0.15, -0.1) is 11.3 Å². The molecule has 0 saturated carbocycles. The van der Waals surface area contributed by atoms with Crippen molar-refractivity contribution in [2.24, 2.45) is 5.92 Å². The lowest BCUT2D eigenvalue weighted by atomic mass is 9.98. The van der Waals surface area contributed by atoms with E-state index in [1.54, 1.807) is 35.4 Å². The van der Waals surface area contributed by atoms with Crippen LogP contribution in [0.5, 0.6) is 0 Å². The van der Waals surface area contributed by atoms with Gasteiger partial charge in [0.15, 0.2) is 0 Å².